The quantitative estimate of drug-likeness (QED) is 0.664. The highest BCUT2D eigenvalue weighted by atomic mass is 16.2. The molecule has 0 spiro atoms. The molecule has 1 saturated heterocycles. The molecule has 1 aliphatic heterocycles. The Morgan fingerprint density at radius 3 is 2.62 bits per heavy atom. The van der Waals surface area contributed by atoms with Crippen molar-refractivity contribution < 1.29 is 4.79 Å². The molecule has 1 atom stereocenters. The summed E-state index contributed by atoms with van der Waals surface area (Å²) in [6.07, 6.45) is 12.5. The number of nitrogens with zero attached hydrogens (tertiary/aromatic N) is 3. The van der Waals surface area contributed by atoms with Gasteiger partial charge in [-0.2, -0.15) is 0 Å². The van der Waals surface area contributed by atoms with E-state index in [0.29, 0.717) is 11.8 Å². The summed E-state index contributed by atoms with van der Waals surface area (Å²) >= 11 is 0. The first kappa shape index (κ1) is 20.2. The molecule has 2 aromatic rings. The third-order valence-corrected chi connectivity index (χ3v) is 6.91. The molecule has 1 unspecified atom stereocenters. The predicted octanol–water partition coefficient (Wildman–Crippen LogP) is 4.99. The van der Waals surface area contributed by atoms with Crippen LogP contribution in [0.25, 0.3) is 0 Å². The van der Waals surface area contributed by atoms with Crippen LogP contribution in [-0.2, 0) is 17.8 Å². The minimum absolute atomic E-state index is 0.380. The van der Waals surface area contributed by atoms with E-state index < -0.39 is 0 Å². The van der Waals surface area contributed by atoms with Crippen molar-refractivity contribution in [1.29, 1.82) is 0 Å². The zero-order valence-electron chi connectivity index (χ0n) is 17.9. The molecule has 29 heavy (non-hydrogen) atoms. The Labute approximate surface area is 175 Å². The fraction of sp³-hybridized carbons (Fsp3) is 0.600. The van der Waals surface area contributed by atoms with E-state index >= 15 is 0 Å². The normalized spacial score (nSPS) is 20.3. The van der Waals surface area contributed by atoms with Gasteiger partial charge in [0.05, 0.1) is 0 Å². The lowest BCUT2D eigenvalue weighted by atomic mass is 9.93. The second-order valence-corrected chi connectivity index (χ2v) is 9.13. The Hall–Kier alpha value is -2.10. The number of likely N-dealkylation sites (tertiary alicyclic amines) is 1. The average molecular weight is 394 g/mol. The Kier molecular flexibility index (Phi) is 6.68. The van der Waals surface area contributed by atoms with E-state index in [-0.39, 0.29) is 0 Å². The van der Waals surface area contributed by atoms with E-state index in [9.17, 15) is 4.79 Å². The number of carbonyl (C=O) groups is 1. The van der Waals surface area contributed by atoms with Gasteiger partial charge in [0.1, 0.15) is 5.82 Å². The van der Waals surface area contributed by atoms with Crippen molar-refractivity contribution >= 4 is 5.91 Å². The Balaban J connectivity index is 1.34. The highest BCUT2D eigenvalue weighted by Crippen LogP contribution is 2.29. The number of imidazole rings is 1. The molecule has 1 saturated carbocycles. The molecule has 0 radical (unpaired) electrons. The molecule has 2 fully saturated rings. The minimum atomic E-state index is 0.380. The summed E-state index contributed by atoms with van der Waals surface area (Å²) in [5, 5.41) is 0. The Morgan fingerprint density at radius 1 is 1.07 bits per heavy atom. The number of rotatable bonds is 7. The smallest absolute Gasteiger partial charge is 0.222 e. The second kappa shape index (κ2) is 9.60. The van der Waals surface area contributed by atoms with Crippen molar-refractivity contribution in [3.8, 4) is 0 Å². The molecule has 0 N–H and O–H groups in total. The van der Waals surface area contributed by atoms with Gasteiger partial charge in [-0.15, -0.1) is 0 Å². The number of benzene rings is 1. The first-order valence-electron chi connectivity index (χ1n) is 11.5. The fourth-order valence-electron chi connectivity index (χ4n) is 5.16. The van der Waals surface area contributed by atoms with Gasteiger partial charge in [-0.05, 0) is 43.6 Å². The lowest BCUT2D eigenvalue weighted by Crippen LogP contribution is -2.40. The van der Waals surface area contributed by atoms with Crippen molar-refractivity contribution in [1.82, 2.24) is 14.5 Å². The highest BCUT2D eigenvalue weighted by Gasteiger charge is 2.26. The SMILES string of the molecule is Cc1cnc(CC2CCCN(C(=O)CCC3CCCC3)C2)n1Cc1ccccc1. The van der Waals surface area contributed by atoms with Crippen LogP contribution in [0.5, 0.6) is 0 Å². The maximum absolute atomic E-state index is 12.8. The molecule has 1 amide bonds. The van der Waals surface area contributed by atoms with Gasteiger partial charge in [0, 0.05) is 44.4 Å². The molecule has 4 nitrogen and oxygen atoms in total. The summed E-state index contributed by atoms with van der Waals surface area (Å²) in [6.45, 7) is 4.86. The fourth-order valence-corrected chi connectivity index (χ4v) is 5.16. The third-order valence-electron chi connectivity index (χ3n) is 6.91. The molecule has 0 bridgehead atoms. The molecule has 2 heterocycles. The lowest BCUT2D eigenvalue weighted by Gasteiger charge is -2.33. The van der Waals surface area contributed by atoms with Crippen LogP contribution in [0.15, 0.2) is 36.5 Å². The van der Waals surface area contributed by atoms with Crippen LogP contribution in [0, 0.1) is 18.8 Å². The van der Waals surface area contributed by atoms with Crippen LogP contribution >= 0.6 is 0 Å². The number of aromatic nitrogens is 2. The number of carbonyl (C=O) groups excluding carboxylic acids is 1. The van der Waals surface area contributed by atoms with Gasteiger partial charge in [0.15, 0.2) is 0 Å². The number of hydrogen-bond donors (Lipinski definition) is 0. The van der Waals surface area contributed by atoms with Gasteiger partial charge in [-0.1, -0.05) is 56.0 Å². The highest BCUT2D eigenvalue weighted by molar-refractivity contribution is 5.76. The van der Waals surface area contributed by atoms with Gasteiger partial charge in [-0.3, -0.25) is 4.79 Å². The first-order valence-corrected chi connectivity index (χ1v) is 11.5. The van der Waals surface area contributed by atoms with Crippen molar-refractivity contribution in [3.63, 3.8) is 0 Å². The zero-order chi connectivity index (χ0) is 20.1. The number of aryl methyl sites for hydroxylation is 1. The summed E-state index contributed by atoms with van der Waals surface area (Å²) in [5.74, 6) is 2.87. The average Bonchev–Trinajstić information content (AvgIpc) is 3.39. The second-order valence-electron chi connectivity index (χ2n) is 9.13. The summed E-state index contributed by atoms with van der Waals surface area (Å²) in [6, 6.07) is 10.6. The Morgan fingerprint density at radius 2 is 1.83 bits per heavy atom. The molecule has 1 aliphatic carbocycles. The summed E-state index contributed by atoms with van der Waals surface area (Å²) in [5.41, 5.74) is 2.52. The van der Waals surface area contributed by atoms with E-state index in [1.807, 2.05) is 6.20 Å². The molecular weight excluding hydrogens is 358 g/mol. The number of hydrogen-bond acceptors (Lipinski definition) is 2. The topological polar surface area (TPSA) is 38.1 Å². The molecule has 4 heteroatoms. The van der Waals surface area contributed by atoms with Crippen molar-refractivity contribution in [2.75, 3.05) is 13.1 Å². The van der Waals surface area contributed by atoms with Crippen LogP contribution in [-0.4, -0.2) is 33.4 Å². The van der Waals surface area contributed by atoms with Gasteiger partial charge < -0.3 is 9.47 Å². The van der Waals surface area contributed by atoms with Crippen LogP contribution in [0.2, 0.25) is 0 Å². The maximum atomic E-state index is 12.8. The van der Waals surface area contributed by atoms with Gasteiger partial charge >= 0.3 is 0 Å². The minimum Gasteiger partial charge on any atom is -0.342 e. The standard InChI is InChI=1S/C25H35N3O/c1-20-17-26-24(28(20)19-22-10-3-2-4-11-22)16-23-12-7-15-27(18-23)25(29)14-13-21-8-5-6-9-21/h2-4,10-11,17,21,23H,5-9,12-16,18-19H2,1H3. The van der Waals surface area contributed by atoms with Crippen LogP contribution in [0.3, 0.4) is 0 Å². The third kappa shape index (κ3) is 5.29. The van der Waals surface area contributed by atoms with Crippen LogP contribution in [0.1, 0.15) is 68.4 Å². The monoisotopic (exact) mass is 393 g/mol. The van der Waals surface area contributed by atoms with Gasteiger partial charge in [-0.25, -0.2) is 4.98 Å². The van der Waals surface area contributed by atoms with Gasteiger partial charge in [0.25, 0.3) is 0 Å². The molecule has 2 aliphatic rings. The zero-order valence-corrected chi connectivity index (χ0v) is 17.9. The van der Waals surface area contributed by atoms with Crippen LogP contribution < -0.4 is 0 Å². The molecule has 156 valence electrons. The Bertz CT molecular complexity index is 792. The van der Waals surface area contributed by atoms with E-state index in [1.165, 1.54) is 43.4 Å². The van der Waals surface area contributed by atoms with E-state index in [1.54, 1.807) is 0 Å². The number of amides is 1. The molecule has 1 aromatic heterocycles. The molecule has 1 aromatic carbocycles. The van der Waals surface area contributed by atoms with Gasteiger partial charge in [0.2, 0.25) is 5.91 Å². The van der Waals surface area contributed by atoms with Crippen molar-refractivity contribution in [2.45, 2.75) is 71.3 Å². The largest absolute Gasteiger partial charge is 0.342 e. The van der Waals surface area contributed by atoms with Crippen molar-refractivity contribution in [2.24, 2.45) is 11.8 Å². The predicted molar refractivity (Wildman–Crippen MR) is 117 cm³/mol. The summed E-state index contributed by atoms with van der Waals surface area (Å²) in [4.78, 5) is 19.6. The van der Waals surface area contributed by atoms with E-state index in [2.05, 4.69) is 46.7 Å². The van der Waals surface area contributed by atoms with E-state index in [4.69, 9.17) is 4.98 Å². The lowest BCUT2D eigenvalue weighted by molar-refractivity contribution is -0.133. The van der Waals surface area contributed by atoms with E-state index in [0.717, 1.165) is 57.1 Å². The first-order chi connectivity index (χ1) is 14.2. The van der Waals surface area contributed by atoms with Crippen LogP contribution in [0.4, 0.5) is 0 Å². The molecule has 4 rings (SSSR count). The number of piperidine rings is 1. The van der Waals surface area contributed by atoms with Crippen molar-refractivity contribution in [3.05, 3.63) is 53.6 Å². The molecular formula is C25H35N3O. The maximum Gasteiger partial charge on any atom is 0.222 e. The summed E-state index contributed by atoms with van der Waals surface area (Å²) in [7, 11) is 0. The summed E-state index contributed by atoms with van der Waals surface area (Å²) < 4.78 is 2.34.